The van der Waals surface area contributed by atoms with Gasteiger partial charge in [-0.1, -0.05) is 18.2 Å². The molecular formula is C23H18F3N3O6S. The number of carbonyl (C=O) groups excluding carboxylic acids is 3. The summed E-state index contributed by atoms with van der Waals surface area (Å²) in [7, 11) is 0. The second-order valence-corrected chi connectivity index (χ2v) is 8.93. The Bertz CT molecular complexity index is 1270. The Balaban J connectivity index is 1.58. The number of carbonyl (C=O) groups is 3. The van der Waals surface area contributed by atoms with E-state index in [9.17, 15) is 37.7 Å². The molecule has 0 spiro atoms. The lowest BCUT2D eigenvalue weighted by molar-refractivity contribution is -0.385. The van der Waals surface area contributed by atoms with E-state index in [1.165, 1.54) is 24.3 Å². The molecule has 36 heavy (non-hydrogen) atoms. The largest absolute Gasteiger partial charge is 0.449 e. The first-order valence-corrected chi connectivity index (χ1v) is 11.5. The van der Waals surface area contributed by atoms with Gasteiger partial charge in [0.2, 0.25) is 11.7 Å². The summed E-state index contributed by atoms with van der Waals surface area (Å²) in [4.78, 5) is 50.5. The van der Waals surface area contributed by atoms with Crippen LogP contribution in [0.3, 0.4) is 0 Å². The molecule has 2 aromatic carbocycles. The molecule has 9 nitrogen and oxygen atoms in total. The van der Waals surface area contributed by atoms with Crippen LogP contribution in [0.15, 0.2) is 47.4 Å². The maximum Gasteiger partial charge on any atom is 0.416 e. The molecule has 0 radical (unpaired) electrons. The average molecular weight is 521 g/mol. The Morgan fingerprint density at radius 1 is 1.11 bits per heavy atom. The molecular weight excluding hydrogens is 503 g/mol. The van der Waals surface area contributed by atoms with Crippen molar-refractivity contribution in [1.29, 1.82) is 0 Å². The number of para-hydroxylation sites is 1. The quantitative estimate of drug-likeness (QED) is 0.297. The molecule has 2 saturated heterocycles. The van der Waals surface area contributed by atoms with E-state index in [1.807, 2.05) is 0 Å². The number of ether oxygens (including phenoxy) is 1. The van der Waals surface area contributed by atoms with E-state index in [2.05, 4.69) is 0 Å². The number of hydrogen-bond acceptors (Lipinski definition) is 7. The van der Waals surface area contributed by atoms with Crippen molar-refractivity contribution in [3.05, 3.63) is 68.6 Å². The van der Waals surface area contributed by atoms with Crippen LogP contribution in [0.2, 0.25) is 0 Å². The fourth-order valence-corrected chi connectivity index (χ4v) is 4.54. The molecule has 2 aromatic rings. The van der Waals surface area contributed by atoms with Crippen molar-refractivity contribution in [1.82, 2.24) is 9.80 Å². The van der Waals surface area contributed by atoms with Crippen LogP contribution in [0.25, 0.3) is 6.08 Å². The second kappa shape index (κ2) is 10.0. The predicted octanol–water partition coefficient (Wildman–Crippen LogP) is 5.06. The van der Waals surface area contributed by atoms with Gasteiger partial charge in [0.15, 0.2) is 0 Å². The maximum absolute atomic E-state index is 13.0. The molecule has 188 valence electrons. The number of imide groups is 1. The van der Waals surface area contributed by atoms with E-state index in [-0.39, 0.29) is 28.7 Å². The van der Waals surface area contributed by atoms with Crippen LogP contribution in [0, 0.1) is 10.1 Å². The number of nitro benzene ring substituents is 1. The first kappa shape index (κ1) is 25.2. The van der Waals surface area contributed by atoms with Gasteiger partial charge < -0.3 is 9.64 Å². The van der Waals surface area contributed by atoms with Gasteiger partial charge in [0.05, 0.1) is 15.4 Å². The monoisotopic (exact) mass is 521 g/mol. The Morgan fingerprint density at radius 2 is 1.81 bits per heavy atom. The predicted molar refractivity (Wildman–Crippen MR) is 123 cm³/mol. The van der Waals surface area contributed by atoms with E-state index in [0.29, 0.717) is 37.0 Å². The number of likely N-dealkylation sites (tertiary alicyclic amines) is 1. The van der Waals surface area contributed by atoms with Crippen LogP contribution in [0.5, 0.6) is 11.5 Å². The van der Waals surface area contributed by atoms with Crippen LogP contribution in [0.4, 0.5) is 23.7 Å². The van der Waals surface area contributed by atoms with Crippen molar-refractivity contribution in [2.45, 2.75) is 19.0 Å². The zero-order chi connectivity index (χ0) is 26.0. The molecule has 2 aliphatic heterocycles. The average Bonchev–Trinajstić information content (AvgIpc) is 3.45. The second-order valence-electron chi connectivity index (χ2n) is 7.93. The Hall–Kier alpha value is -3.87. The van der Waals surface area contributed by atoms with Gasteiger partial charge in [-0.15, -0.1) is 0 Å². The number of thioether (sulfide) groups is 1. The van der Waals surface area contributed by atoms with Crippen LogP contribution in [-0.2, 0) is 15.8 Å². The van der Waals surface area contributed by atoms with Gasteiger partial charge in [0.1, 0.15) is 12.3 Å². The molecule has 4 rings (SSSR count). The summed E-state index contributed by atoms with van der Waals surface area (Å²) < 4.78 is 44.5. The SMILES string of the molecule is O=C(CN1C(=O)S/C(=C\c2ccccc2Oc2ccc(C(F)(F)F)cc2[N+](=O)[O-])C1=O)N1CCCC1. The van der Waals surface area contributed by atoms with Gasteiger partial charge in [0.25, 0.3) is 11.1 Å². The van der Waals surface area contributed by atoms with Crippen LogP contribution in [0.1, 0.15) is 24.0 Å². The number of benzene rings is 2. The molecule has 13 heteroatoms. The fourth-order valence-electron chi connectivity index (χ4n) is 3.71. The lowest BCUT2D eigenvalue weighted by Crippen LogP contribution is -2.40. The fraction of sp³-hybridized carbons (Fsp3) is 0.261. The molecule has 3 amide bonds. The van der Waals surface area contributed by atoms with Gasteiger partial charge in [0, 0.05) is 24.7 Å². The van der Waals surface area contributed by atoms with Crippen LogP contribution in [-0.4, -0.2) is 51.4 Å². The van der Waals surface area contributed by atoms with Crippen molar-refractivity contribution >= 4 is 40.6 Å². The summed E-state index contributed by atoms with van der Waals surface area (Å²) in [5.41, 5.74) is -1.84. The Labute approximate surface area is 206 Å². The highest BCUT2D eigenvalue weighted by atomic mass is 32.2. The first-order chi connectivity index (χ1) is 17.0. The number of alkyl halides is 3. The van der Waals surface area contributed by atoms with Crippen molar-refractivity contribution in [2.75, 3.05) is 19.6 Å². The van der Waals surface area contributed by atoms with E-state index in [1.54, 1.807) is 11.0 Å². The van der Waals surface area contributed by atoms with E-state index in [0.717, 1.165) is 23.8 Å². The Kier molecular flexibility index (Phi) is 7.02. The lowest BCUT2D eigenvalue weighted by atomic mass is 10.1. The molecule has 2 aliphatic rings. The molecule has 2 heterocycles. The topological polar surface area (TPSA) is 110 Å². The molecule has 0 bridgehead atoms. The summed E-state index contributed by atoms with van der Waals surface area (Å²) in [6, 6.07) is 7.91. The number of nitrogens with zero attached hydrogens (tertiary/aromatic N) is 3. The van der Waals surface area contributed by atoms with Gasteiger partial charge in [-0.05, 0) is 48.9 Å². The van der Waals surface area contributed by atoms with Crippen molar-refractivity contribution in [2.24, 2.45) is 0 Å². The van der Waals surface area contributed by atoms with E-state index in [4.69, 9.17) is 4.74 Å². The molecule has 0 aliphatic carbocycles. The van der Waals surface area contributed by atoms with Crippen molar-refractivity contribution in [3.8, 4) is 11.5 Å². The van der Waals surface area contributed by atoms with Gasteiger partial charge in [-0.2, -0.15) is 13.2 Å². The number of hydrogen-bond donors (Lipinski definition) is 0. The highest BCUT2D eigenvalue weighted by Gasteiger charge is 2.38. The van der Waals surface area contributed by atoms with Crippen LogP contribution < -0.4 is 4.74 Å². The number of nitro groups is 1. The van der Waals surface area contributed by atoms with Gasteiger partial charge >= 0.3 is 11.9 Å². The summed E-state index contributed by atoms with van der Waals surface area (Å²) in [5, 5.41) is 10.8. The third kappa shape index (κ3) is 5.35. The smallest absolute Gasteiger partial charge is 0.416 e. The molecule has 0 atom stereocenters. The summed E-state index contributed by atoms with van der Waals surface area (Å²) in [6.45, 7) is 0.773. The third-order valence-corrected chi connectivity index (χ3v) is 6.44. The highest BCUT2D eigenvalue weighted by molar-refractivity contribution is 8.18. The number of rotatable bonds is 6. The molecule has 2 fully saturated rings. The zero-order valence-corrected chi connectivity index (χ0v) is 19.3. The third-order valence-electron chi connectivity index (χ3n) is 5.53. The number of amides is 3. The van der Waals surface area contributed by atoms with E-state index < -0.39 is 39.2 Å². The number of halogens is 3. The summed E-state index contributed by atoms with van der Waals surface area (Å²) in [5.74, 6) is -1.42. The van der Waals surface area contributed by atoms with Crippen molar-refractivity contribution < 1.29 is 37.2 Å². The van der Waals surface area contributed by atoms with Crippen LogP contribution >= 0.6 is 11.8 Å². The van der Waals surface area contributed by atoms with Gasteiger partial charge in [-0.25, -0.2) is 0 Å². The maximum atomic E-state index is 13.0. The molecule has 0 N–H and O–H groups in total. The standard InChI is InChI=1S/C23H18F3N3O6S/c24-23(25,26)15-7-8-18(16(12-15)29(33)34)35-17-6-2-1-5-14(17)11-19-21(31)28(22(32)36-19)13-20(30)27-9-3-4-10-27/h1-2,5-8,11-12H,3-4,9-10,13H2/b19-11-. The lowest BCUT2D eigenvalue weighted by Gasteiger charge is -2.18. The zero-order valence-electron chi connectivity index (χ0n) is 18.5. The normalized spacial score (nSPS) is 17.2. The van der Waals surface area contributed by atoms with Crippen molar-refractivity contribution in [3.63, 3.8) is 0 Å². The molecule has 0 saturated carbocycles. The molecule has 0 aromatic heterocycles. The summed E-state index contributed by atoms with van der Waals surface area (Å²) >= 11 is 0.628. The van der Waals surface area contributed by atoms with E-state index >= 15 is 0 Å². The molecule has 0 unspecified atom stereocenters. The van der Waals surface area contributed by atoms with Gasteiger partial charge in [-0.3, -0.25) is 29.4 Å². The minimum absolute atomic E-state index is 0.00666. The minimum Gasteiger partial charge on any atom is -0.449 e. The summed E-state index contributed by atoms with van der Waals surface area (Å²) in [6.07, 6.45) is -1.72. The Morgan fingerprint density at radius 3 is 2.47 bits per heavy atom. The highest BCUT2D eigenvalue weighted by Crippen LogP contribution is 2.40. The minimum atomic E-state index is -4.78. The first-order valence-electron chi connectivity index (χ1n) is 10.7.